The minimum absolute atomic E-state index is 0.0105. The molecule has 0 unspecified atom stereocenters. The average Bonchev–Trinajstić information content (AvgIpc) is 2.48. The summed E-state index contributed by atoms with van der Waals surface area (Å²) in [6.07, 6.45) is 0.939. The second-order valence-electron chi connectivity index (χ2n) is 5.23. The van der Waals surface area contributed by atoms with E-state index in [4.69, 9.17) is 11.6 Å². The molecule has 0 atom stereocenters. The molecule has 1 aliphatic heterocycles. The molecular weight excluding hydrogens is 293 g/mol. The Bertz CT molecular complexity index is 490. The Morgan fingerprint density at radius 1 is 1.33 bits per heavy atom. The number of hydrogen-bond acceptors (Lipinski definition) is 2. The predicted octanol–water partition coefficient (Wildman–Crippen LogP) is 2.72. The molecule has 1 aliphatic rings. The van der Waals surface area contributed by atoms with Gasteiger partial charge >= 0.3 is 6.03 Å². The van der Waals surface area contributed by atoms with E-state index in [1.807, 2.05) is 11.8 Å². The van der Waals surface area contributed by atoms with E-state index in [9.17, 15) is 9.18 Å². The first-order chi connectivity index (χ1) is 10.1. The van der Waals surface area contributed by atoms with Crippen molar-refractivity contribution in [1.29, 1.82) is 0 Å². The van der Waals surface area contributed by atoms with Crippen molar-refractivity contribution in [3.8, 4) is 0 Å². The van der Waals surface area contributed by atoms with E-state index < -0.39 is 0 Å². The van der Waals surface area contributed by atoms with Crippen molar-refractivity contribution in [3.63, 3.8) is 0 Å². The molecule has 0 bridgehead atoms. The van der Waals surface area contributed by atoms with E-state index in [2.05, 4.69) is 10.2 Å². The summed E-state index contributed by atoms with van der Waals surface area (Å²) in [5.74, 6) is -0.318. The van der Waals surface area contributed by atoms with E-state index >= 15 is 0 Å². The third-order valence-corrected chi connectivity index (χ3v) is 3.95. The van der Waals surface area contributed by atoms with Crippen LogP contribution in [0.5, 0.6) is 0 Å². The molecule has 1 fully saturated rings. The number of nitrogens with zero attached hydrogens (tertiary/aromatic N) is 2. The van der Waals surface area contributed by atoms with Crippen LogP contribution in [-0.4, -0.2) is 48.6 Å². The number of carbonyl (C=O) groups excluding carboxylic acids is 1. The Kier molecular flexibility index (Phi) is 5.82. The number of piperazine rings is 1. The number of urea groups is 1. The van der Waals surface area contributed by atoms with Gasteiger partial charge in [0.25, 0.3) is 0 Å². The third-order valence-electron chi connectivity index (χ3n) is 3.59. The van der Waals surface area contributed by atoms with Gasteiger partial charge in [0.1, 0.15) is 5.82 Å². The molecule has 0 aromatic heterocycles. The molecule has 0 spiro atoms. The number of halogens is 2. The van der Waals surface area contributed by atoms with Gasteiger partial charge in [-0.2, -0.15) is 0 Å². The second kappa shape index (κ2) is 7.61. The van der Waals surface area contributed by atoms with Crippen molar-refractivity contribution in [1.82, 2.24) is 15.1 Å². The molecule has 116 valence electrons. The summed E-state index contributed by atoms with van der Waals surface area (Å²) in [6, 6.07) is 4.50. The van der Waals surface area contributed by atoms with Crippen molar-refractivity contribution in [2.45, 2.75) is 19.9 Å². The SMILES string of the molecule is CCCNC(=O)N1CCN(Cc2ccc(F)cc2Cl)CC1. The van der Waals surface area contributed by atoms with Gasteiger partial charge in [-0.3, -0.25) is 4.90 Å². The van der Waals surface area contributed by atoms with Gasteiger partial charge in [0.15, 0.2) is 0 Å². The number of amides is 2. The van der Waals surface area contributed by atoms with Crippen LogP contribution in [0, 0.1) is 5.82 Å². The number of hydrogen-bond donors (Lipinski definition) is 1. The number of rotatable bonds is 4. The first-order valence-corrected chi connectivity index (χ1v) is 7.67. The molecule has 6 heteroatoms. The highest BCUT2D eigenvalue weighted by Gasteiger charge is 2.21. The molecular formula is C15H21ClFN3O. The van der Waals surface area contributed by atoms with Crippen molar-refractivity contribution >= 4 is 17.6 Å². The van der Waals surface area contributed by atoms with Crippen molar-refractivity contribution in [3.05, 3.63) is 34.6 Å². The lowest BCUT2D eigenvalue weighted by Crippen LogP contribution is -2.51. The van der Waals surface area contributed by atoms with Crippen LogP contribution in [0.4, 0.5) is 9.18 Å². The van der Waals surface area contributed by atoms with Gasteiger partial charge in [0, 0.05) is 44.3 Å². The minimum Gasteiger partial charge on any atom is -0.338 e. The fourth-order valence-electron chi connectivity index (χ4n) is 2.34. The van der Waals surface area contributed by atoms with Gasteiger partial charge in [-0.15, -0.1) is 0 Å². The fourth-order valence-corrected chi connectivity index (χ4v) is 2.57. The number of carbonyl (C=O) groups is 1. The Hall–Kier alpha value is -1.33. The maximum absolute atomic E-state index is 13.0. The number of benzene rings is 1. The maximum atomic E-state index is 13.0. The summed E-state index contributed by atoms with van der Waals surface area (Å²) in [4.78, 5) is 15.9. The third kappa shape index (κ3) is 4.58. The monoisotopic (exact) mass is 313 g/mol. The zero-order valence-corrected chi connectivity index (χ0v) is 13.0. The van der Waals surface area contributed by atoms with Crippen LogP contribution in [0.25, 0.3) is 0 Å². The van der Waals surface area contributed by atoms with Crippen LogP contribution in [0.3, 0.4) is 0 Å². The van der Waals surface area contributed by atoms with Crippen LogP contribution in [-0.2, 0) is 6.54 Å². The Labute approximate surface area is 129 Å². The van der Waals surface area contributed by atoms with E-state index in [1.54, 1.807) is 6.07 Å². The molecule has 0 aliphatic carbocycles. The van der Waals surface area contributed by atoms with Crippen LogP contribution in [0.2, 0.25) is 5.02 Å². The predicted molar refractivity (Wildman–Crippen MR) is 81.9 cm³/mol. The molecule has 1 aromatic carbocycles. The van der Waals surface area contributed by atoms with E-state index in [0.29, 0.717) is 31.2 Å². The Morgan fingerprint density at radius 3 is 2.67 bits per heavy atom. The van der Waals surface area contributed by atoms with Gasteiger partial charge in [0.2, 0.25) is 0 Å². The molecule has 0 saturated carbocycles. The van der Waals surface area contributed by atoms with Crippen molar-refractivity contribution in [2.24, 2.45) is 0 Å². The van der Waals surface area contributed by atoms with E-state index in [-0.39, 0.29) is 11.8 Å². The molecule has 4 nitrogen and oxygen atoms in total. The molecule has 1 heterocycles. The van der Waals surface area contributed by atoms with E-state index in [1.165, 1.54) is 12.1 Å². The summed E-state index contributed by atoms with van der Waals surface area (Å²) < 4.78 is 13.0. The molecule has 1 aromatic rings. The average molecular weight is 314 g/mol. The van der Waals surface area contributed by atoms with Gasteiger partial charge in [0.05, 0.1) is 0 Å². The first kappa shape index (κ1) is 16.0. The second-order valence-corrected chi connectivity index (χ2v) is 5.64. The quantitative estimate of drug-likeness (QED) is 0.927. The van der Waals surface area contributed by atoms with Crippen LogP contribution in [0.15, 0.2) is 18.2 Å². The van der Waals surface area contributed by atoms with Crippen LogP contribution < -0.4 is 5.32 Å². The van der Waals surface area contributed by atoms with Crippen molar-refractivity contribution < 1.29 is 9.18 Å². The lowest BCUT2D eigenvalue weighted by atomic mass is 10.2. The topological polar surface area (TPSA) is 35.6 Å². The zero-order chi connectivity index (χ0) is 15.2. The van der Waals surface area contributed by atoms with Crippen molar-refractivity contribution in [2.75, 3.05) is 32.7 Å². The lowest BCUT2D eigenvalue weighted by Gasteiger charge is -2.34. The standard InChI is InChI=1S/C15H21ClFN3O/c1-2-5-18-15(21)20-8-6-19(7-9-20)11-12-3-4-13(17)10-14(12)16/h3-4,10H,2,5-9,11H2,1H3,(H,18,21). The highest BCUT2D eigenvalue weighted by Crippen LogP contribution is 2.19. The Balaban J connectivity index is 1.82. The minimum atomic E-state index is -0.318. The zero-order valence-electron chi connectivity index (χ0n) is 12.2. The lowest BCUT2D eigenvalue weighted by molar-refractivity contribution is 0.135. The van der Waals surface area contributed by atoms with E-state index in [0.717, 1.165) is 25.1 Å². The van der Waals surface area contributed by atoms with Gasteiger partial charge in [-0.05, 0) is 24.1 Å². The first-order valence-electron chi connectivity index (χ1n) is 7.29. The van der Waals surface area contributed by atoms with Gasteiger partial charge < -0.3 is 10.2 Å². The van der Waals surface area contributed by atoms with Gasteiger partial charge in [-0.1, -0.05) is 24.6 Å². The largest absolute Gasteiger partial charge is 0.338 e. The summed E-state index contributed by atoms with van der Waals surface area (Å²) >= 11 is 6.04. The number of nitrogens with one attached hydrogen (secondary N) is 1. The highest BCUT2D eigenvalue weighted by molar-refractivity contribution is 6.31. The van der Waals surface area contributed by atoms with Crippen LogP contribution >= 0.6 is 11.6 Å². The molecule has 2 amide bonds. The maximum Gasteiger partial charge on any atom is 0.317 e. The summed E-state index contributed by atoms with van der Waals surface area (Å²) in [5.41, 5.74) is 0.918. The molecule has 1 saturated heterocycles. The summed E-state index contributed by atoms with van der Waals surface area (Å²) in [7, 11) is 0. The molecule has 1 N–H and O–H groups in total. The molecule has 21 heavy (non-hydrogen) atoms. The fraction of sp³-hybridized carbons (Fsp3) is 0.533. The van der Waals surface area contributed by atoms with Crippen LogP contribution in [0.1, 0.15) is 18.9 Å². The molecule has 2 rings (SSSR count). The highest BCUT2D eigenvalue weighted by atomic mass is 35.5. The smallest absolute Gasteiger partial charge is 0.317 e. The Morgan fingerprint density at radius 2 is 2.05 bits per heavy atom. The summed E-state index contributed by atoms with van der Waals surface area (Å²) in [5, 5.41) is 3.34. The normalized spacial score (nSPS) is 16.0. The molecule has 0 radical (unpaired) electrons. The van der Waals surface area contributed by atoms with Gasteiger partial charge in [-0.25, -0.2) is 9.18 Å². The summed E-state index contributed by atoms with van der Waals surface area (Å²) in [6.45, 7) is 6.43.